The lowest BCUT2D eigenvalue weighted by molar-refractivity contribution is -0.151. The van der Waals surface area contributed by atoms with Gasteiger partial charge >= 0.3 is 12.3 Å². The maximum absolute atomic E-state index is 13.0. The van der Waals surface area contributed by atoms with Crippen molar-refractivity contribution in [3.8, 4) is 0 Å². The van der Waals surface area contributed by atoms with Gasteiger partial charge < -0.3 is 15.4 Å². The van der Waals surface area contributed by atoms with E-state index in [4.69, 9.17) is 10.5 Å². The zero-order chi connectivity index (χ0) is 16.4. The van der Waals surface area contributed by atoms with Crippen molar-refractivity contribution in [1.29, 1.82) is 0 Å². The summed E-state index contributed by atoms with van der Waals surface area (Å²) in [5, 5.41) is 0. The molecule has 24 heavy (non-hydrogen) atoms. The zero-order valence-corrected chi connectivity index (χ0v) is 14.7. The van der Waals surface area contributed by atoms with E-state index < -0.39 is 24.4 Å². The van der Waals surface area contributed by atoms with Crippen LogP contribution in [0.15, 0.2) is 0 Å². The number of rotatable bonds is 4. The van der Waals surface area contributed by atoms with E-state index in [1.807, 2.05) is 0 Å². The number of ether oxygens (including phenoxy) is 1. The number of nitrogens with two attached hydrogens (primary N) is 1. The smallest absolute Gasteiger partial charge is 0.319 e. The molecule has 11 heteroatoms. The van der Waals surface area contributed by atoms with E-state index in [2.05, 4.69) is 0 Å². The largest absolute Gasteiger partial charge is 0.381 e. The number of nitrogens with zero attached hydrogens (tertiary/aromatic N) is 2. The third-order valence-corrected chi connectivity index (χ3v) is 4.22. The van der Waals surface area contributed by atoms with Crippen LogP contribution in [0.25, 0.3) is 0 Å². The van der Waals surface area contributed by atoms with Crippen LogP contribution in [0.4, 0.5) is 17.6 Å². The number of alkyl halides is 4. The minimum Gasteiger partial charge on any atom is -0.381 e. The van der Waals surface area contributed by atoms with Gasteiger partial charge in [0.25, 0.3) is 0 Å². The quantitative estimate of drug-likeness (QED) is 0.725. The van der Waals surface area contributed by atoms with Crippen molar-refractivity contribution in [3.05, 3.63) is 0 Å². The van der Waals surface area contributed by atoms with Crippen LogP contribution in [-0.2, 0) is 9.53 Å². The van der Waals surface area contributed by atoms with E-state index in [0.29, 0.717) is 26.1 Å². The van der Waals surface area contributed by atoms with Crippen molar-refractivity contribution < 1.29 is 27.1 Å². The zero-order valence-electron chi connectivity index (χ0n) is 13.1. The predicted octanol–water partition coefficient (Wildman–Crippen LogP) is 1.38. The Morgan fingerprint density at radius 2 is 1.62 bits per heavy atom. The van der Waals surface area contributed by atoms with Gasteiger partial charge in [-0.3, -0.25) is 9.69 Å². The van der Waals surface area contributed by atoms with Crippen LogP contribution in [0.3, 0.4) is 0 Å². The number of piperazine rings is 1. The summed E-state index contributed by atoms with van der Waals surface area (Å²) in [4.78, 5) is 15.2. The number of halogens is 6. The molecule has 144 valence electrons. The Labute approximate surface area is 150 Å². The van der Waals surface area contributed by atoms with Gasteiger partial charge in [0.15, 0.2) is 0 Å². The first-order valence-corrected chi connectivity index (χ1v) is 7.29. The average Bonchev–Trinajstić information content (AvgIpc) is 2.47. The lowest BCUT2D eigenvalue weighted by atomic mass is 9.89. The van der Waals surface area contributed by atoms with E-state index in [-0.39, 0.29) is 56.9 Å². The van der Waals surface area contributed by atoms with Gasteiger partial charge in [0.2, 0.25) is 5.91 Å². The minimum absolute atomic E-state index is 0. The van der Waals surface area contributed by atoms with Gasteiger partial charge in [0.05, 0.1) is 12.1 Å². The van der Waals surface area contributed by atoms with E-state index in [9.17, 15) is 22.4 Å². The van der Waals surface area contributed by atoms with Crippen LogP contribution >= 0.6 is 24.8 Å². The molecule has 2 fully saturated rings. The maximum Gasteiger partial charge on any atom is 0.319 e. The molecule has 0 aliphatic carbocycles. The first-order chi connectivity index (χ1) is 10.2. The topological polar surface area (TPSA) is 58.8 Å². The van der Waals surface area contributed by atoms with Gasteiger partial charge in [0, 0.05) is 39.4 Å². The Hall–Kier alpha value is -0.350. The van der Waals surface area contributed by atoms with Gasteiger partial charge in [-0.2, -0.15) is 8.78 Å². The highest BCUT2D eigenvalue weighted by molar-refractivity contribution is 5.86. The van der Waals surface area contributed by atoms with Crippen LogP contribution in [-0.4, -0.2) is 79.5 Å². The molecule has 2 aliphatic rings. The Balaban J connectivity index is 0.00000264. The molecule has 5 nitrogen and oxygen atoms in total. The highest BCUT2D eigenvalue weighted by Gasteiger charge is 2.44. The van der Waals surface area contributed by atoms with Gasteiger partial charge in [-0.15, -0.1) is 24.8 Å². The second-order valence-corrected chi connectivity index (χ2v) is 5.90. The molecule has 0 saturated carbocycles. The fraction of sp³-hybridized carbons (Fsp3) is 0.923. The van der Waals surface area contributed by atoms with E-state index in [1.165, 1.54) is 9.80 Å². The average molecular weight is 400 g/mol. The van der Waals surface area contributed by atoms with Crippen LogP contribution < -0.4 is 5.73 Å². The van der Waals surface area contributed by atoms with Gasteiger partial charge in [-0.1, -0.05) is 0 Å². The number of hydrogen-bond donors (Lipinski definition) is 1. The maximum atomic E-state index is 13.0. The summed E-state index contributed by atoms with van der Waals surface area (Å²) in [6, 6.07) is 0. The lowest BCUT2D eigenvalue weighted by Gasteiger charge is -2.41. The van der Waals surface area contributed by atoms with E-state index >= 15 is 0 Å². The van der Waals surface area contributed by atoms with Crippen molar-refractivity contribution in [2.24, 2.45) is 5.73 Å². The second-order valence-electron chi connectivity index (χ2n) is 5.90. The summed E-state index contributed by atoms with van der Waals surface area (Å²) in [6.45, 7) is 0.567. The first-order valence-electron chi connectivity index (χ1n) is 7.29. The van der Waals surface area contributed by atoms with Crippen LogP contribution in [0.5, 0.6) is 0 Å². The summed E-state index contributed by atoms with van der Waals surface area (Å²) in [5.41, 5.74) is 5.14. The fourth-order valence-electron chi connectivity index (χ4n) is 2.74. The molecule has 0 unspecified atom stereocenters. The van der Waals surface area contributed by atoms with Gasteiger partial charge in [0.1, 0.15) is 0 Å². The van der Waals surface area contributed by atoms with E-state index in [1.54, 1.807) is 0 Å². The van der Waals surface area contributed by atoms with Crippen LogP contribution in [0, 0.1) is 0 Å². The van der Waals surface area contributed by atoms with Crippen molar-refractivity contribution in [3.63, 3.8) is 0 Å². The second kappa shape index (κ2) is 9.38. The number of carbonyl (C=O) groups is 1. The molecule has 0 radical (unpaired) electrons. The molecule has 0 aromatic carbocycles. The number of carbonyl (C=O) groups excluding carboxylic acids is 1. The summed E-state index contributed by atoms with van der Waals surface area (Å²) < 4.78 is 55.6. The summed E-state index contributed by atoms with van der Waals surface area (Å²) in [6.07, 6.45) is -2.83. The lowest BCUT2D eigenvalue weighted by Crippen LogP contribution is -2.62. The van der Waals surface area contributed by atoms with Crippen molar-refractivity contribution in [2.45, 2.75) is 30.7 Å². The monoisotopic (exact) mass is 399 g/mol. The molecule has 2 heterocycles. The standard InChI is InChI=1S/C13H21F4N3O2.2ClH/c14-10(15)13(16,17)9-19-3-5-20(6-4-19)11(21)12(18)1-7-22-8-2-12;;/h10H,1-9,18H2;2*1H. The normalized spacial score (nSPS) is 21.8. The molecule has 0 aromatic rings. The molecular formula is C13H23Cl2F4N3O2. The number of amides is 1. The molecule has 0 aromatic heterocycles. The molecule has 0 bridgehead atoms. The summed E-state index contributed by atoms with van der Waals surface area (Å²) in [5.74, 6) is -4.24. The highest BCUT2D eigenvalue weighted by atomic mass is 35.5. The van der Waals surface area contributed by atoms with Crippen LogP contribution in [0.2, 0.25) is 0 Å². The molecule has 0 spiro atoms. The Bertz CT molecular complexity index is 405. The third kappa shape index (κ3) is 5.59. The molecule has 0 atom stereocenters. The highest BCUT2D eigenvalue weighted by Crippen LogP contribution is 2.25. The molecule has 2 saturated heterocycles. The van der Waals surface area contributed by atoms with Crippen LogP contribution in [0.1, 0.15) is 12.8 Å². The van der Waals surface area contributed by atoms with Crippen molar-refractivity contribution >= 4 is 30.7 Å². The Morgan fingerprint density at radius 3 is 2.08 bits per heavy atom. The number of hydrogen-bond acceptors (Lipinski definition) is 4. The van der Waals surface area contributed by atoms with Gasteiger partial charge in [-0.25, -0.2) is 8.78 Å². The van der Waals surface area contributed by atoms with Crippen molar-refractivity contribution in [2.75, 3.05) is 45.9 Å². The summed E-state index contributed by atoms with van der Waals surface area (Å²) in [7, 11) is 0. The Morgan fingerprint density at radius 1 is 1.12 bits per heavy atom. The summed E-state index contributed by atoms with van der Waals surface area (Å²) >= 11 is 0. The fourth-order valence-corrected chi connectivity index (χ4v) is 2.74. The van der Waals surface area contributed by atoms with Crippen molar-refractivity contribution in [1.82, 2.24) is 9.80 Å². The first kappa shape index (κ1) is 23.6. The Kier molecular flexibility index (Phi) is 9.24. The van der Waals surface area contributed by atoms with E-state index in [0.717, 1.165) is 0 Å². The minimum atomic E-state index is -4.03. The molecule has 2 N–H and O–H groups in total. The SMILES string of the molecule is Cl.Cl.NC1(C(=O)N2CCN(CC(F)(F)C(F)F)CC2)CCOCC1. The molecular weight excluding hydrogens is 377 g/mol. The third-order valence-electron chi connectivity index (χ3n) is 4.22. The molecule has 2 rings (SSSR count). The van der Waals surface area contributed by atoms with Gasteiger partial charge in [-0.05, 0) is 12.8 Å². The molecule has 2 aliphatic heterocycles. The predicted molar refractivity (Wildman–Crippen MR) is 85.4 cm³/mol. The molecule has 1 amide bonds.